The Hall–Kier alpha value is -1.17. The van der Waals surface area contributed by atoms with E-state index in [4.69, 9.17) is 15.3 Å². The number of hydrazine groups is 1. The standard InChI is InChI=1S/C14H21FN2O2/c1-3-19-14(9-4-5-9)13(17-16)11-7-6-10(18-2)8-12(11)15/h6-9,13-14,17H,3-5,16H2,1-2H3. The number of nitrogens with one attached hydrogen (secondary N) is 1. The van der Waals surface area contributed by atoms with Crippen LogP contribution in [0.2, 0.25) is 0 Å². The molecule has 4 nitrogen and oxygen atoms in total. The van der Waals surface area contributed by atoms with Crippen molar-refractivity contribution >= 4 is 0 Å². The molecule has 0 heterocycles. The van der Waals surface area contributed by atoms with Crippen molar-refractivity contribution in [1.29, 1.82) is 0 Å². The van der Waals surface area contributed by atoms with Crippen molar-refractivity contribution < 1.29 is 13.9 Å². The summed E-state index contributed by atoms with van der Waals surface area (Å²) in [5.74, 6) is 6.24. The zero-order valence-corrected chi connectivity index (χ0v) is 11.4. The molecule has 3 N–H and O–H groups in total. The van der Waals surface area contributed by atoms with Gasteiger partial charge in [-0.15, -0.1) is 0 Å². The average molecular weight is 268 g/mol. The van der Waals surface area contributed by atoms with Crippen LogP contribution in [0.4, 0.5) is 4.39 Å². The number of nitrogens with two attached hydrogens (primary N) is 1. The maximum Gasteiger partial charge on any atom is 0.131 e. The Kier molecular flexibility index (Phi) is 4.74. The van der Waals surface area contributed by atoms with Crippen LogP contribution in [0.15, 0.2) is 18.2 Å². The summed E-state index contributed by atoms with van der Waals surface area (Å²) in [6, 6.07) is 4.47. The smallest absolute Gasteiger partial charge is 0.131 e. The van der Waals surface area contributed by atoms with Crippen LogP contribution in [0.5, 0.6) is 5.75 Å². The van der Waals surface area contributed by atoms with E-state index >= 15 is 0 Å². The summed E-state index contributed by atoms with van der Waals surface area (Å²) < 4.78 is 24.9. The first-order valence-corrected chi connectivity index (χ1v) is 6.62. The molecule has 2 atom stereocenters. The van der Waals surface area contributed by atoms with Crippen LogP contribution >= 0.6 is 0 Å². The van der Waals surface area contributed by atoms with Crippen molar-refractivity contribution in [2.45, 2.75) is 31.9 Å². The Morgan fingerprint density at radius 1 is 1.47 bits per heavy atom. The van der Waals surface area contributed by atoms with E-state index in [0.29, 0.717) is 23.8 Å². The van der Waals surface area contributed by atoms with Crippen molar-refractivity contribution in [3.63, 3.8) is 0 Å². The predicted octanol–water partition coefficient (Wildman–Crippen LogP) is 2.15. The van der Waals surface area contributed by atoms with E-state index in [1.807, 2.05) is 6.92 Å². The van der Waals surface area contributed by atoms with Crippen LogP contribution in [0.3, 0.4) is 0 Å². The zero-order chi connectivity index (χ0) is 13.8. The number of benzene rings is 1. The van der Waals surface area contributed by atoms with Gasteiger partial charge in [0.1, 0.15) is 11.6 Å². The molecule has 0 radical (unpaired) electrons. The maximum absolute atomic E-state index is 14.1. The molecule has 1 saturated carbocycles. The Morgan fingerprint density at radius 3 is 2.68 bits per heavy atom. The van der Waals surface area contributed by atoms with Gasteiger partial charge >= 0.3 is 0 Å². The van der Waals surface area contributed by atoms with Gasteiger partial charge < -0.3 is 9.47 Å². The van der Waals surface area contributed by atoms with Gasteiger partial charge in [0.05, 0.1) is 19.3 Å². The monoisotopic (exact) mass is 268 g/mol. The van der Waals surface area contributed by atoms with Gasteiger partial charge in [-0.2, -0.15) is 0 Å². The number of ether oxygens (including phenoxy) is 2. The summed E-state index contributed by atoms with van der Waals surface area (Å²) in [6.07, 6.45) is 2.14. The minimum absolute atomic E-state index is 0.0853. The second-order valence-electron chi connectivity index (χ2n) is 4.79. The summed E-state index contributed by atoms with van der Waals surface area (Å²) in [5, 5.41) is 0. The highest BCUT2D eigenvalue weighted by Crippen LogP contribution is 2.40. The summed E-state index contributed by atoms with van der Waals surface area (Å²) in [6.45, 7) is 2.53. The van der Waals surface area contributed by atoms with Crippen LogP contribution in [0.25, 0.3) is 0 Å². The second-order valence-corrected chi connectivity index (χ2v) is 4.79. The molecule has 0 aliphatic heterocycles. The van der Waals surface area contributed by atoms with Crippen LogP contribution < -0.4 is 16.0 Å². The number of hydrogen-bond donors (Lipinski definition) is 2. The lowest BCUT2D eigenvalue weighted by Gasteiger charge is -2.27. The number of methoxy groups -OCH3 is 1. The lowest BCUT2D eigenvalue weighted by molar-refractivity contribution is 0.0176. The van der Waals surface area contributed by atoms with E-state index in [-0.39, 0.29) is 18.0 Å². The van der Waals surface area contributed by atoms with Crippen molar-refractivity contribution in [2.24, 2.45) is 11.8 Å². The summed E-state index contributed by atoms with van der Waals surface area (Å²) in [5.41, 5.74) is 3.22. The van der Waals surface area contributed by atoms with Gasteiger partial charge in [0.25, 0.3) is 0 Å². The second kappa shape index (κ2) is 6.32. The number of rotatable bonds is 7. The van der Waals surface area contributed by atoms with Crippen molar-refractivity contribution in [2.75, 3.05) is 13.7 Å². The van der Waals surface area contributed by atoms with Crippen molar-refractivity contribution in [3.8, 4) is 5.75 Å². The minimum atomic E-state index is -0.335. The molecule has 0 bridgehead atoms. The third-order valence-corrected chi connectivity index (χ3v) is 3.50. The topological polar surface area (TPSA) is 56.5 Å². The zero-order valence-electron chi connectivity index (χ0n) is 11.4. The molecule has 0 amide bonds. The van der Waals surface area contributed by atoms with E-state index in [1.165, 1.54) is 13.2 Å². The van der Waals surface area contributed by atoms with Crippen LogP contribution in [-0.2, 0) is 4.74 Å². The fourth-order valence-corrected chi connectivity index (χ4v) is 2.37. The van der Waals surface area contributed by atoms with Gasteiger partial charge in [0.2, 0.25) is 0 Å². The first-order chi connectivity index (χ1) is 9.21. The number of hydrogen-bond acceptors (Lipinski definition) is 4. The molecular weight excluding hydrogens is 247 g/mol. The fourth-order valence-electron chi connectivity index (χ4n) is 2.37. The molecule has 1 fully saturated rings. The molecule has 1 aliphatic carbocycles. The molecule has 1 aliphatic rings. The summed E-state index contributed by atoms with van der Waals surface area (Å²) in [7, 11) is 1.51. The molecule has 1 aromatic rings. The lowest BCUT2D eigenvalue weighted by Crippen LogP contribution is -2.39. The van der Waals surface area contributed by atoms with E-state index in [0.717, 1.165) is 12.8 Å². The third-order valence-electron chi connectivity index (χ3n) is 3.50. The summed E-state index contributed by atoms with van der Waals surface area (Å²) in [4.78, 5) is 0. The highest BCUT2D eigenvalue weighted by Gasteiger charge is 2.38. The molecule has 1 aromatic carbocycles. The van der Waals surface area contributed by atoms with Crippen LogP contribution in [0.1, 0.15) is 31.4 Å². The van der Waals surface area contributed by atoms with Gasteiger partial charge in [-0.25, -0.2) is 4.39 Å². The largest absolute Gasteiger partial charge is 0.497 e. The molecule has 106 valence electrons. The fraction of sp³-hybridized carbons (Fsp3) is 0.571. The minimum Gasteiger partial charge on any atom is -0.497 e. The SMILES string of the molecule is CCOC(C1CC1)C(NN)c1ccc(OC)cc1F. The molecule has 0 saturated heterocycles. The van der Waals surface area contributed by atoms with E-state index < -0.39 is 0 Å². The first-order valence-electron chi connectivity index (χ1n) is 6.62. The highest BCUT2D eigenvalue weighted by atomic mass is 19.1. The van der Waals surface area contributed by atoms with Crippen LogP contribution in [0, 0.1) is 11.7 Å². The molecule has 19 heavy (non-hydrogen) atoms. The number of halogens is 1. The highest BCUT2D eigenvalue weighted by molar-refractivity contribution is 5.31. The van der Waals surface area contributed by atoms with Gasteiger partial charge in [0.15, 0.2) is 0 Å². The van der Waals surface area contributed by atoms with Gasteiger partial charge in [-0.1, -0.05) is 6.07 Å². The molecule has 2 rings (SSSR count). The van der Waals surface area contributed by atoms with Crippen molar-refractivity contribution in [3.05, 3.63) is 29.6 Å². The average Bonchev–Trinajstić information content (AvgIpc) is 3.24. The summed E-state index contributed by atoms with van der Waals surface area (Å²) >= 11 is 0. The first kappa shape index (κ1) is 14.2. The molecule has 5 heteroatoms. The van der Waals surface area contributed by atoms with Crippen LogP contribution in [-0.4, -0.2) is 19.8 Å². The van der Waals surface area contributed by atoms with E-state index in [9.17, 15) is 4.39 Å². The van der Waals surface area contributed by atoms with Gasteiger partial charge in [0, 0.05) is 18.2 Å². The van der Waals surface area contributed by atoms with E-state index in [2.05, 4.69) is 5.43 Å². The third kappa shape index (κ3) is 3.23. The normalized spacial score (nSPS) is 18.1. The Balaban J connectivity index is 2.24. The maximum atomic E-state index is 14.1. The Labute approximate surface area is 113 Å². The quantitative estimate of drug-likeness (QED) is 0.587. The lowest BCUT2D eigenvalue weighted by atomic mass is 9.98. The molecule has 0 aromatic heterocycles. The Bertz CT molecular complexity index is 424. The van der Waals surface area contributed by atoms with E-state index in [1.54, 1.807) is 12.1 Å². The molecule has 2 unspecified atom stereocenters. The van der Waals surface area contributed by atoms with Gasteiger partial charge in [-0.05, 0) is 31.7 Å². The van der Waals surface area contributed by atoms with Crippen molar-refractivity contribution in [1.82, 2.24) is 5.43 Å². The predicted molar refractivity (Wildman–Crippen MR) is 71.2 cm³/mol. The molecule has 0 spiro atoms. The molecular formula is C14H21FN2O2. The van der Waals surface area contributed by atoms with Gasteiger partial charge in [-0.3, -0.25) is 11.3 Å². The Morgan fingerprint density at radius 2 is 2.21 bits per heavy atom.